The molecule has 9 nitrogen and oxygen atoms in total. The largest absolute Gasteiger partial charge is 0.490 e. The van der Waals surface area contributed by atoms with Crippen molar-refractivity contribution in [2.45, 2.75) is 77.5 Å². The molecule has 1 atom stereocenters. The zero-order valence-corrected chi connectivity index (χ0v) is 23.8. The topological polar surface area (TPSA) is 119 Å². The van der Waals surface area contributed by atoms with Crippen LogP contribution in [0.15, 0.2) is 30.5 Å². The number of anilines is 3. The number of amides is 2. The maximum Gasteiger partial charge on any atom is 0.410 e. The Morgan fingerprint density at radius 3 is 2.62 bits per heavy atom. The van der Waals surface area contributed by atoms with Crippen LogP contribution in [0.2, 0.25) is 0 Å². The van der Waals surface area contributed by atoms with Crippen molar-refractivity contribution in [2.24, 2.45) is 0 Å². The highest BCUT2D eigenvalue weighted by molar-refractivity contribution is 7.21. The van der Waals surface area contributed by atoms with Crippen LogP contribution >= 0.6 is 11.3 Å². The van der Waals surface area contributed by atoms with Crippen molar-refractivity contribution in [3.8, 4) is 5.75 Å². The molecule has 3 aromatic rings. The lowest BCUT2D eigenvalue weighted by molar-refractivity contribution is 0.0186. The number of likely N-dealkylation sites (tertiary alicyclic amines) is 1. The number of hydrogen-bond donors (Lipinski definition) is 3. The van der Waals surface area contributed by atoms with Crippen molar-refractivity contribution in [2.75, 3.05) is 24.1 Å². The molecular formula is C29H37N5O4S. The molecule has 1 unspecified atom stereocenters. The van der Waals surface area contributed by atoms with E-state index in [-0.39, 0.29) is 18.0 Å². The van der Waals surface area contributed by atoms with Gasteiger partial charge in [0.05, 0.1) is 22.9 Å². The van der Waals surface area contributed by atoms with Crippen LogP contribution in [-0.2, 0) is 4.74 Å². The van der Waals surface area contributed by atoms with Crippen LogP contribution in [-0.4, -0.2) is 52.7 Å². The number of carbonyl (C=O) groups is 2. The Kier molecular flexibility index (Phi) is 7.57. The van der Waals surface area contributed by atoms with E-state index in [1.165, 1.54) is 17.8 Å². The number of fused-ring (bicyclic) bond motifs is 1. The lowest BCUT2D eigenvalue weighted by Gasteiger charge is -2.34. The predicted molar refractivity (Wildman–Crippen MR) is 155 cm³/mol. The monoisotopic (exact) mass is 551 g/mol. The number of nitrogen functional groups attached to an aromatic ring is 1. The van der Waals surface area contributed by atoms with Crippen molar-refractivity contribution >= 4 is 50.6 Å². The Labute approximate surface area is 233 Å². The maximum absolute atomic E-state index is 13.3. The van der Waals surface area contributed by atoms with Crippen LogP contribution in [0.3, 0.4) is 0 Å². The molecule has 10 heteroatoms. The van der Waals surface area contributed by atoms with Crippen molar-refractivity contribution in [3.63, 3.8) is 0 Å². The van der Waals surface area contributed by atoms with Crippen LogP contribution < -0.4 is 21.1 Å². The van der Waals surface area contributed by atoms with E-state index in [1.807, 2.05) is 52.0 Å². The molecule has 2 fully saturated rings. The highest BCUT2D eigenvalue weighted by Gasteiger charge is 2.30. The summed E-state index contributed by atoms with van der Waals surface area (Å²) in [6.07, 6.45) is 6.70. The summed E-state index contributed by atoms with van der Waals surface area (Å²) in [6.45, 7) is 8.58. The number of aromatic nitrogens is 1. The van der Waals surface area contributed by atoms with E-state index in [4.69, 9.17) is 15.2 Å². The van der Waals surface area contributed by atoms with Gasteiger partial charge in [-0.25, -0.2) is 9.78 Å². The van der Waals surface area contributed by atoms with Gasteiger partial charge in [0.1, 0.15) is 21.1 Å². The Morgan fingerprint density at radius 2 is 1.92 bits per heavy atom. The van der Waals surface area contributed by atoms with E-state index < -0.39 is 5.60 Å². The first-order valence-electron chi connectivity index (χ1n) is 13.6. The lowest BCUT2D eigenvalue weighted by Crippen LogP contribution is -2.50. The summed E-state index contributed by atoms with van der Waals surface area (Å²) in [6, 6.07) is 7.71. The van der Waals surface area contributed by atoms with Gasteiger partial charge in [-0.1, -0.05) is 0 Å². The molecule has 3 heterocycles. The quantitative estimate of drug-likeness (QED) is 0.344. The second kappa shape index (κ2) is 10.9. The van der Waals surface area contributed by atoms with Crippen LogP contribution in [0.1, 0.15) is 68.1 Å². The number of aryl methyl sites for hydroxylation is 1. The molecular weight excluding hydrogens is 514 g/mol. The van der Waals surface area contributed by atoms with Gasteiger partial charge in [-0.05, 0) is 89.6 Å². The molecule has 2 aliphatic rings. The second-order valence-corrected chi connectivity index (χ2v) is 12.4. The number of rotatable bonds is 6. The van der Waals surface area contributed by atoms with Gasteiger partial charge >= 0.3 is 6.09 Å². The summed E-state index contributed by atoms with van der Waals surface area (Å²) in [5, 5.41) is 7.27. The van der Waals surface area contributed by atoms with Crippen molar-refractivity contribution in [3.05, 3.63) is 40.9 Å². The summed E-state index contributed by atoms with van der Waals surface area (Å²) in [5.74, 6) is 0.621. The summed E-state index contributed by atoms with van der Waals surface area (Å²) in [4.78, 5) is 33.1. The fourth-order valence-electron chi connectivity index (χ4n) is 4.83. The number of pyridine rings is 1. The molecule has 0 spiro atoms. The van der Waals surface area contributed by atoms with Gasteiger partial charge in [-0.15, -0.1) is 11.3 Å². The third kappa shape index (κ3) is 6.21. The molecule has 1 aliphatic carbocycles. The number of hydrogen-bond acceptors (Lipinski definition) is 8. The highest BCUT2D eigenvalue weighted by Crippen LogP contribution is 2.39. The van der Waals surface area contributed by atoms with E-state index in [0.29, 0.717) is 34.6 Å². The highest BCUT2D eigenvalue weighted by atomic mass is 32.1. The molecule has 39 heavy (non-hydrogen) atoms. The third-order valence-electron chi connectivity index (χ3n) is 7.07. The van der Waals surface area contributed by atoms with Gasteiger partial charge in [-0.2, -0.15) is 0 Å². The molecule has 4 N–H and O–H groups in total. The molecule has 1 saturated carbocycles. The van der Waals surface area contributed by atoms with Crippen LogP contribution in [0.5, 0.6) is 5.75 Å². The minimum Gasteiger partial charge on any atom is -0.490 e. The number of benzene rings is 1. The first-order valence-corrected chi connectivity index (χ1v) is 14.4. The first-order chi connectivity index (χ1) is 18.6. The minimum atomic E-state index is -0.568. The van der Waals surface area contributed by atoms with Gasteiger partial charge in [0, 0.05) is 31.0 Å². The van der Waals surface area contributed by atoms with Gasteiger partial charge in [0.15, 0.2) is 0 Å². The maximum atomic E-state index is 13.3. The van der Waals surface area contributed by atoms with E-state index in [9.17, 15) is 9.59 Å². The molecule has 2 aromatic heterocycles. The normalized spacial score (nSPS) is 17.9. The van der Waals surface area contributed by atoms with Crippen molar-refractivity contribution in [1.82, 2.24) is 15.2 Å². The number of ether oxygens (including phenoxy) is 2. The number of nitrogens with one attached hydrogen (secondary N) is 2. The van der Waals surface area contributed by atoms with E-state index >= 15 is 0 Å². The van der Waals surface area contributed by atoms with E-state index in [1.54, 1.807) is 11.1 Å². The fourth-order valence-corrected chi connectivity index (χ4v) is 5.82. The van der Waals surface area contributed by atoms with Crippen molar-refractivity contribution in [1.29, 1.82) is 0 Å². The van der Waals surface area contributed by atoms with Gasteiger partial charge < -0.3 is 30.7 Å². The second-order valence-electron chi connectivity index (χ2n) is 11.4. The Morgan fingerprint density at radius 1 is 1.13 bits per heavy atom. The lowest BCUT2D eigenvalue weighted by atomic mass is 9.96. The molecule has 208 valence electrons. The van der Waals surface area contributed by atoms with Gasteiger partial charge in [0.2, 0.25) is 0 Å². The van der Waals surface area contributed by atoms with Crippen LogP contribution in [0.25, 0.3) is 10.2 Å². The molecule has 1 aliphatic heterocycles. The van der Waals surface area contributed by atoms with E-state index in [2.05, 4.69) is 15.6 Å². The zero-order valence-electron chi connectivity index (χ0n) is 23.0. The van der Waals surface area contributed by atoms with Gasteiger partial charge in [-0.3, -0.25) is 4.79 Å². The van der Waals surface area contributed by atoms with Gasteiger partial charge in [0.25, 0.3) is 5.91 Å². The number of carbonyl (C=O) groups excluding carboxylic acids is 2. The van der Waals surface area contributed by atoms with Crippen LogP contribution in [0.4, 0.5) is 21.9 Å². The first kappa shape index (κ1) is 27.1. The molecule has 1 saturated heterocycles. The standard InChI is InChI=1S/C29H37N5O4S/c1-17-15-20(37-19-8-5-9-19)10-11-21(17)33-22-12-13-31-27-23(22)24(30)25(39-27)26(35)32-18-7-6-14-34(16-18)28(36)38-29(2,3)4/h10-13,15,18-19H,5-9,14,16,30H2,1-4H3,(H,31,33)(H,32,35). The SMILES string of the molecule is Cc1cc(OC2CCC2)ccc1Nc1ccnc2sc(C(=O)NC3CCCN(C(=O)OC(C)(C)C)C3)c(N)c12. The zero-order chi connectivity index (χ0) is 27.7. The Hall–Kier alpha value is -3.53. The Balaban J connectivity index is 1.30. The molecule has 0 bridgehead atoms. The summed E-state index contributed by atoms with van der Waals surface area (Å²) < 4.78 is 11.5. The minimum absolute atomic E-state index is 0.183. The predicted octanol–water partition coefficient (Wildman–Crippen LogP) is 5.99. The number of thiophene rings is 1. The summed E-state index contributed by atoms with van der Waals surface area (Å²) >= 11 is 1.27. The average molecular weight is 552 g/mol. The summed E-state index contributed by atoms with van der Waals surface area (Å²) in [7, 11) is 0. The van der Waals surface area contributed by atoms with Crippen molar-refractivity contribution < 1.29 is 19.1 Å². The molecule has 2 amide bonds. The molecule has 5 rings (SSSR count). The number of nitrogens with zero attached hydrogens (tertiary/aromatic N) is 2. The number of piperidine rings is 1. The molecule has 1 aromatic carbocycles. The van der Waals surface area contributed by atoms with Crippen LogP contribution in [0, 0.1) is 6.92 Å². The van der Waals surface area contributed by atoms with E-state index in [0.717, 1.165) is 53.8 Å². The average Bonchev–Trinajstić information content (AvgIpc) is 3.19. The summed E-state index contributed by atoms with van der Waals surface area (Å²) in [5.41, 5.74) is 9.15. The fraction of sp³-hybridized carbons (Fsp3) is 0.483. The third-order valence-corrected chi connectivity index (χ3v) is 8.18. The number of nitrogens with two attached hydrogens (primary N) is 1. The smallest absolute Gasteiger partial charge is 0.410 e. The Bertz CT molecular complexity index is 1380. The molecule has 0 radical (unpaired) electrons.